The van der Waals surface area contributed by atoms with Gasteiger partial charge in [0.05, 0.1) is 15.6 Å². The summed E-state index contributed by atoms with van der Waals surface area (Å²) in [4.78, 5) is 16.8. The van der Waals surface area contributed by atoms with Crippen molar-refractivity contribution < 1.29 is 17.9 Å². The van der Waals surface area contributed by atoms with Crippen LogP contribution in [-0.2, 0) is 14.6 Å². The van der Waals surface area contributed by atoms with Crippen LogP contribution in [0.1, 0.15) is 5.01 Å². The van der Waals surface area contributed by atoms with Crippen LogP contribution in [0.25, 0.3) is 11.3 Å². The van der Waals surface area contributed by atoms with E-state index in [0.29, 0.717) is 11.4 Å². The van der Waals surface area contributed by atoms with Gasteiger partial charge in [0.2, 0.25) is 0 Å². The quantitative estimate of drug-likeness (QED) is 0.682. The molecule has 0 aliphatic rings. The number of ether oxygens (including phenoxy) is 1. The molecule has 0 unspecified atom stereocenters. The molecule has 3 aromatic rings. The Morgan fingerprint density at radius 1 is 1.19 bits per heavy atom. The molecule has 0 aliphatic carbocycles. The van der Waals surface area contributed by atoms with Gasteiger partial charge in [-0.25, -0.2) is 13.4 Å². The molecule has 0 bridgehead atoms. The van der Waals surface area contributed by atoms with Gasteiger partial charge in [-0.1, -0.05) is 12.1 Å². The highest BCUT2D eigenvalue weighted by Crippen LogP contribution is 2.24. The van der Waals surface area contributed by atoms with Crippen LogP contribution in [-0.4, -0.2) is 32.2 Å². The first-order chi connectivity index (χ1) is 12.8. The summed E-state index contributed by atoms with van der Waals surface area (Å²) in [6, 6.07) is 13.4. The lowest BCUT2D eigenvalue weighted by Crippen LogP contribution is -2.20. The first kappa shape index (κ1) is 19.1. The van der Waals surface area contributed by atoms with Crippen molar-refractivity contribution in [3.63, 3.8) is 0 Å². The number of benzene rings is 2. The van der Waals surface area contributed by atoms with Gasteiger partial charge in [0.25, 0.3) is 5.91 Å². The third-order valence-electron chi connectivity index (χ3n) is 3.68. The Hall–Kier alpha value is -2.71. The highest BCUT2D eigenvalue weighted by atomic mass is 32.2. The predicted octanol–water partition coefficient (Wildman–Crippen LogP) is 3.54. The number of carbonyl (C=O) groups is 1. The molecule has 1 aromatic heterocycles. The number of carbonyl (C=O) groups excluding carboxylic acids is 1. The van der Waals surface area contributed by atoms with E-state index in [4.69, 9.17) is 4.74 Å². The standard InChI is InChI=1S/C19H18N2O4S2/c1-13-20-18(12-26-13)14-4-3-5-15(10-14)21-19(22)11-25-16-6-8-17(9-7-16)27(2,23)24/h3-10,12H,11H2,1-2H3,(H,21,22). The van der Waals surface area contributed by atoms with Crippen molar-refractivity contribution in [3.05, 3.63) is 58.9 Å². The highest BCUT2D eigenvalue weighted by Gasteiger charge is 2.09. The number of anilines is 1. The van der Waals surface area contributed by atoms with Gasteiger partial charge in [0.15, 0.2) is 16.4 Å². The predicted molar refractivity (Wildman–Crippen MR) is 106 cm³/mol. The molecule has 1 amide bonds. The Kier molecular flexibility index (Phi) is 5.57. The number of hydrogen-bond acceptors (Lipinski definition) is 6. The number of thiazole rings is 1. The number of nitrogens with zero attached hydrogens (tertiary/aromatic N) is 1. The average Bonchev–Trinajstić information content (AvgIpc) is 3.06. The fourth-order valence-corrected chi connectivity index (χ4v) is 3.63. The number of nitrogens with one attached hydrogen (secondary N) is 1. The van der Waals surface area contributed by atoms with Crippen LogP contribution in [0.4, 0.5) is 5.69 Å². The van der Waals surface area contributed by atoms with E-state index in [1.807, 2.05) is 30.5 Å². The lowest BCUT2D eigenvalue weighted by Gasteiger charge is -2.09. The molecule has 0 aliphatic heterocycles. The molecule has 1 heterocycles. The molecule has 0 spiro atoms. The lowest BCUT2D eigenvalue weighted by atomic mass is 10.1. The van der Waals surface area contributed by atoms with Crippen LogP contribution in [0.15, 0.2) is 58.8 Å². The number of amides is 1. The second-order valence-electron chi connectivity index (χ2n) is 5.91. The first-order valence-corrected chi connectivity index (χ1v) is 10.8. The minimum absolute atomic E-state index is 0.182. The summed E-state index contributed by atoms with van der Waals surface area (Å²) in [6.45, 7) is 1.76. The van der Waals surface area contributed by atoms with E-state index >= 15 is 0 Å². The van der Waals surface area contributed by atoms with Crippen molar-refractivity contribution >= 4 is 32.8 Å². The fraction of sp³-hybridized carbons (Fsp3) is 0.158. The summed E-state index contributed by atoms with van der Waals surface area (Å²) in [5.41, 5.74) is 2.45. The number of rotatable bonds is 6. The van der Waals surface area contributed by atoms with Gasteiger partial charge in [-0.15, -0.1) is 11.3 Å². The molecular formula is C19H18N2O4S2. The second kappa shape index (κ2) is 7.89. The Bertz CT molecular complexity index is 1060. The van der Waals surface area contributed by atoms with E-state index < -0.39 is 9.84 Å². The summed E-state index contributed by atoms with van der Waals surface area (Å²) in [6.07, 6.45) is 1.14. The van der Waals surface area contributed by atoms with E-state index in [9.17, 15) is 13.2 Å². The van der Waals surface area contributed by atoms with E-state index in [0.717, 1.165) is 22.5 Å². The largest absolute Gasteiger partial charge is 0.484 e. The molecule has 140 valence electrons. The summed E-state index contributed by atoms with van der Waals surface area (Å²) in [5.74, 6) is 0.109. The van der Waals surface area contributed by atoms with Crippen molar-refractivity contribution in [3.8, 4) is 17.0 Å². The third kappa shape index (κ3) is 5.15. The molecule has 2 aromatic carbocycles. The van der Waals surface area contributed by atoms with Crippen molar-refractivity contribution in [2.45, 2.75) is 11.8 Å². The molecule has 0 radical (unpaired) electrons. The van der Waals surface area contributed by atoms with Gasteiger partial charge in [0.1, 0.15) is 5.75 Å². The smallest absolute Gasteiger partial charge is 0.262 e. The van der Waals surface area contributed by atoms with E-state index in [2.05, 4.69) is 10.3 Å². The zero-order valence-corrected chi connectivity index (χ0v) is 16.4. The summed E-state index contributed by atoms with van der Waals surface area (Å²) < 4.78 is 28.3. The van der Waals surface area contributed by atoms with Gasteiger partial charge in [0, 0.05) is 22.9 Å². The Morgan fingerprint density at radius 3 is 2.56 bits per heavy atom. The average molecular weight is 402 g/mol. The number of aryl methyl sites for hydroxylation is 1. The molecule has 0 saturated heterocycles. The molecule has 8 heteroatoms. The van der Waals surface area contributed by atoms with E-state index in [1.165, 1.54) is 24.3 Å². The zero-order valence-electron chi connectivity index (χ0n) is 14.8. The molecule has 3 rings (SSSR count). The van der Waals surface area contributed by atoms with Gasteiger partial charge in [-0.05, 0) is 43.3 Å². The zero-order chi connectivity index (χ0) is 19.4. The van der Waals surface area contributed by atoms with Crippen molar-refractivity contribution in [2.24, 2.45) is 0 Å². The number of sulfone groups is 1. The number of aromatic nitrogens is 1. The van der Waals surface area contributed by atoms with Crippen molar-refractivity contribution in [1.82, 2.24) is 4.98 Å². The maximum absolute atomic E-state index is 12.1. The summed E-state index contributed by atoms with van der Waals surface area (Å²) >= 11 is 1.57. The van der Waals surface area contributed by atoms with Crippen molar-refractivity contribution in [2.75, 3.05) is 18.2 Å². The maximum atomic E-state index is 12.1. The first-order valence-electron chi connectivity index (χ1n) is 8.06. The summed E-state index contributed by atoms with van der Waals surface area (Å²) in [5, 5.41) is 5.73. The minimum Gasteiger partial charge on any atom is -0.484 e. The Morgan fingerprint density at radius 2 is 1.93 bits per heavy atom. The van der Waals surface area contributed by atoms with Crippen molar-refractivity contribution in [1.29, 1.82) is 0 Å². The van der Waals surface area contributed by atoms with Gasteiger partial charge < -0.3 is 10.1 Å². The van der Waals surface area contributed by atoms with E-state index in [-0.39, 0.29) is 17.4 Å². The van der Waals surface area contributed by atoms with Crippen LogP contribution in [0.5, 0.6) is 5.75 Å². The monoisotopic (exact) mass is 402 g/mol. The number of hydrogen-bond donors (Lipinski definition) is 1. The van der Waals surface area contributed by atoms with E-state index in [1.54, 1.807) is 17.4 Å². The maximum Gasteiger partial charge on any atom is 0.262 e. The molecule has 0 saturated carbocycles. The SMILES string of the molecule is Cc1nc(-c2cccc(NC(=O)COc3ccc(S(C)(=O)=O)cc3)c2)cs1. The fourth-order valence-electron chi connectivity index (χ4n) is 2.38. The summed E-state index contributed by atoms with van der Waals surface area (Å²) in [7, 11) is -3.26. The Labute approximate surface area is 161 Å². The van der Waals surface area contributed by atoms with Gasteiger partial charge in [-0.2, -0.15) is 0 Å². The molecule has 0 fully saturated rings. The molecule has 1 N–H and O–H groups in total. The van der Waals surface area contributed by atoms with Gasteiger partial charge >= 0.3 is 0 Å². The van der Waals surface area contributed by atoms with Crippen LogP contribution >= 0.6 is 11.3 Å². The van der Waals surface area contributed by atoms with Crippen LogP contribution in [0.3, 0.4) is 0 Å². The van der Waals surface area contributed by atoms with Crippen LogP contribution in [0, 0.1) is 6.92 Å². The normalized spacial score (nSPS) is 11.2. The molecular weight excluding hydrogens is 384 g/mol. The molecule has 6 nitrogen and oxygen atoms in total. The second-order valence-corrected chi connectivity index (χ2v) is 8.99. The highest BCUT2D eigenvalue weighted by molar-refractivity contribution is 7.90. The van der Waals surface area contributed by atoms with Crippen LogP contribution in [0.2, 0.25) is 0 Å². The minimum atomic E-state index is -3.26. The molecule has 0 atom stereocenters. The third-order valence-corrected chi connectivity index (χ3v) is 5.58. The topological polar surface area (TPSA) is 85.4 Å². The molecule has 27 heavy (non-hydrogen) atoms. The lowest BCUT2D eigenvalue weighted by molar-refractivity contribution is -0.118. The van der Waals surface area contributed by atoms with Gasteiger partial charge in [-0.3, -0.25) is 4.79 Å². The van der Waals surface area contributed by atoms with Crippen LogP contribution < -0.4 is 10.1 Å². The Balaban J connectivity index is 1.60.